The standard InChI is InChI=1S/C47H31N3/c1-3-11-32(12-4-1)38-25-26-40-31-42(28-27-39(40)29-38)47-49-45(36-14-5-2-6-15-36)48-46(50-47)41-18-9-17-37(30-41)33-21-23-35(24-22-33)44-20-10-16-34-13-7-8-19-43(34)44/h1-31H/i1D,3D,4D,11D,12D. The number of nitrogens with zero attached hydrogens (tertiary/aromatic N) is 3. The van der Waals surface area contributed by atoms with E-state index in [4.69, 9.17) is 21.8 Å². The van der Waals surface area contributed by atoms with Crippen molar-refractivity contribution < 1.29 is 6.85 Å². The van der Waals surface area contributed by atoms with Crippen LogP contribution in [0.1, 0.15) is 6.85 Å². The minimum atomic E-state index is -0.408. The van der Waals surface area contributed by atoms with Crippen LogP contribution in [-0.2, 0) is 0 Å². The first kappa shape index (κ1) is 24.4. The van der Waals surface area contributed by atoms with Gasteiger partial charge >= 0.3 is 0 Å². The quantitative estimate of drug-likeness (QED) is 0.181. The van der Waals surface area contributed by atoms with Crippen LogP contribution in [-0.4, -0.2) is 15.0 Å². The van der Waals surface area contributed by atoms with Gasteiger partial charge in [0.05, 0.1) is 6.85 Å². The molecule has 1 aromatic heterocycles. The zero-order valence-corrected chi connectivity index (χ0v) is 26.9. The smallest absolute Gasteiger partial charge is 0.164 e. The number of aromatic nitrogens is 3. The molecule has 0 radical (unpaired) electrons. The topological polar surface area (TPSA) is 38.7 Å². The molecule has 0 N–H and O–H groups in total. The van der Waals surface area contributed by atoms with E-state index in [9.17, 15) is 0 Å². The van der Waals surface area contributed by atoms with Gasteiger partial charge in [0.2, 0.25) is 0 Å². The molecule has 0 unspecified atom stereocenters. The molecular formula is C47H31N3. The van der Waals surface area contributed by atoms with Crippen molar-refractivity contribution in [1.82, 2.24) is 15.0 Å². The molecule has 0 amide bonds. The van der Waals surface area contributed by atoms with Crippen LogP contribution in [0.2, 0.25) is 0 Å². The first-order valence-corrected chi connectivity index (χ1v) is 16.4. The Morgan fingerprint density at radius 2 is 0.840 bits per heavy atom. The normalized spacial score (nSPS) is 12.6. The zero-order valence-electron chi connectivity index (χ0n) is 31.9. The Bertz CT molecular complexity index is 2900. The fourth-order valence-electron chi connectivity index (χ4n) is 6.44. The van der Waals surface area contributed by atoms with Crippen molar-refractivity contribution in [1.29, 1.82) is 0 Å². The average Bonchev–Trinajstić information content (AvgIpc) is 3.25. The summed E-state index contributed by atoms with van der Waals surface area (Å²) in [6, 6.07) is 51.5. The fraction of sp³-hybridized carbons (Fsp3) is 0. The van der Waals surface area contributed by atoms with Crippen LogP contribution in [0.4, 0.5) is 0 Å². The van der Waals surface area contributed by atoms with Crippen LogP contribution in [0, 0.1) is 0 Å². The van der Waals surface area contributed by atoms with Gasteiger partial charge in [0, 0.05) is 16.7 Å². The summed E-state index contributed by atoms with van der Waals surface area (Å²) >= 11 is 0. The van der Waals surface area contributed by atoms with Gasteiger partial charge < -0.3 is 0 Å². The molecule has 0 saturated heterocycles. The molecule has 0 spiro atoms. The van der Waals surface area contributed by atoms with E-state index in [1.54, 1.807) is 6.07 Å². The molecule has 3 heteroatoms. The average molecular weight is 643 g/mol. The summed E-state index contributed by atoms with van der Waals surface area (Å²) in [6.45, 7) is 0. The van der Waals surface area contributed by atoms with Crippen LogP contribution in [0.3, 0.4) is 0 Å². The Balaban J connectivity index is 1.09. The molecule has 0 fully saturated rings. The molecule has 1 heterocycles. The molecule has 50 heavy (non-hydrogen) atoms. The molecule has 0 aliphatic rings. The van der Waals surface area contributed by atoms with Crippen molar-refractivity contribution in [3.05, 3.63) is 188 Å². The first-order valence-electron chi connectivity index (χ1n) is 18.9. The third-order valence-corrected chi connectivity index (χ3v) is 8.99. The number of benzene rings is 8. The molecule has 0 aliphatic carbocycles. The second kappa shape index (κ2) is 12.7. The van der Waals surface area contributed by atoms with E-state index < -0.39 is 6.04 Å². The second-order valence-corrected chi connectivity index (χ2v) is 12.1. The first-order chi connectivity index (χ1) is 26.8. The van der Waals surface area contributed by atoms with E-state index >= 15 is 0 Å². The van der Waals surface area contributed by atoms with E-state index in [1.807, 2.05) is 72.8 Å². The molecule has 9 rings (SSSR count). The number of fused-ring (bicyclic) bond motifs is 2. The maximum atomic E-state index is 8.44. The maximum Gasteiger partial charge on any atom is 0.164 e. The molecule has 0 bridgehead atoms. The third kappa shape index (κ3) is 5.72. The lowest BCUT2D eigenvalue weighted by Crippen LogP contribution is -2.00. The minimum absolute atomic E-state index is 0.176. The Morgan fingerprint density at radius 1 is 0.320 bits per heavy atom. The van der Waals surface area contributed by atoms with E-state index in [0.717, 1.165) is 44.2 Å². The van der Waals surface area contributed by atoms with Crippen LogP contribution in [0.15, 0.2) is 188 Å². The molecule has 0 aliphatic heterocycles. The highest BCUT2D eigenvalue weighted by atomic mass is 15.0. The maximum absolute atomic E-state index is 8.44. The largest absolute Gasteiger partial charge is 0.208 e. The monoisotopic (exact) mass is 642 g/mol. The van der Waals surface area contributed by atoms with Gasteiger partial charge in [-0.05, 0) is 73.1 Å². The third-order valence-electron chi connectivity index (χ3n) is 8.99. The summed E-state index contributed by atoms with van der Waals surface area (Å²) in [5, 5.41) is 4.19. The van der Waals surface area contributed by atoms with Crippen molar-refractivity contribution in [3.63, 3.8) is 0 Å². The summed E-state index contributed by atoms with van der Waals surface area (Å²) in [7, 11) is 0. The summed E-state index contributed by atoms with van der Waals surface area (Å²) < 4.78 is 41.1. The highest BCUT2D eigenvalue weighted by Gasteiger charge is 2.14. The Hall–Kier alpha value is -6.71. The molecule has 8 aromatic carbocycles. The number of rotatable bonds is 6. The fourth-order valence-corrected chi connectivity index (χ4v) is 6.44. The minimum Gasteiger partial charge on any atom is -0.208 e. The molecule has 0 saturated carbocycles. The number of hydrogen-bond donors (Lipinski definition) is 0. The molecule has 3 nitrogen and oxygen atoms in total. The van der Waals surface area contributed by atoms with Gasteiger partial charge in [-0.1, -0.05) is 170 Å². The summed E-state index contributed by atoms with van der Waals surface area (Å²) in [4.78, 5) is 14.9. The van der Waals surface area contributed by atoms with Crippen molar-refractivity contribution in [2.24, 2.45) is 0 Å². The lowest BCUT2D eigenvalue weighted by Gasteiger charge is -2.11. The predicted octanol–water partition coefficient (Wildman–Crippen LogP) is 12.2. The van der Waals surface area contributed by atoms with E-state index in [1.165, 1.54) is 16.3 Å². The van der Waals surface area contributed by atoms with E-state index in [0.29, 0.717) is 23.0 Å². The van der Waals surface area contributed by atoms with Crippen molar-refractivity contribution in [3.8, 4) is 67.5 Å². The van der Waals surface area contributed by atoms with Crippen LogP contribution < -0.4 is 0 Å². The highest BCUT2D eigenvalue weighted by molar-refractivity contribution is 5.97. The second-order valence-electron chi connectivity index (χ2n) is 12.1. The predicted molar refractivity (Wildman–Crippen MR) is 207 cm³/mol. The van der Waals surface area contributed by atoms with Gasteiger partial charge in [-0.2, -0.15) is 0 Å². The Labute approximate surface area is 298 Å². The Morgan fingerprint density at radius 3 is 1.62 bits per heavy atom. The van der Waals surface area contributed by atoms with Gasteiger partial charge in [0.15, 0.2) is 17.5 Å². The van der Waals surface area contributed by atoms with Crippen LogP contribution in [0.5, 0.6) is 0 Å². The summed E-state index contributed by atoms with van der Waals surface area (Å²) in [5.74, 6) is 1.63. The van der Waals surface area contributed by atoms with Crippen LogP contribution >= 0.6 is 0 Å². The van der Waals surface area contributed by atoms with Gasteiger partial charge in [0.25, 0.3) is 0 Å². The van der Waals surface area contributed by atoms with Gasteiger partial charge in [0.1, 0.15) is 0 Å². The molecule has 9 aromatic rings. The van der Waals surface area contributed by atoms with Gasteiger partial charge in [-0.15, -0.1) is 0 Å². The van der Waals surface area contributed by atoms with Crippen molar-refractivity contribution in [2.45, 2.75) is 0 Å². The Kier molecular flexibility index (Phi) is 6.22. The van der Waals surface area contributed by atoms with E-state index in [-0.39, 0.29) is 29.7 Å². The van der Waals surface area contributed by atoms with Crippen molar-refractivity contribution >= 4 is 21.5 Å². The lowest BCUT2D eigenvalue weighted by molar-refractivity contribution is 1.07. The highest BCUT2D eigenvalue weighted by Crippen LogP contribution is 2.33. The molecule has 234 valence electrons. The zero-order chi connectivity index (χ0) is 37.6. The number of hydrogen-bond acceptors (Lipinski definition) is 3. The molecular weight excluding hydrogens is 607 g/mol. The molecule has 0 atom stereocenters. The van der Waals surface area contributed by atoms with Crippen LogP contribution in [0.25, 0.3) is 89.1 Å². The van der Waals surface area contributed by atoms with E-state index in [2.05, 4.69) is 78.9 Å². The summed E-state index contributed by atoms with van der Waals surface area (Å²) in [6.07, 6.45) is 0. The van der Waals surface area contributed by atoms with Gasteiger partial charge in [-0.3, -0.25) is 0 Å². The van der Waals surface area contributed by atoms with Gasteiger partial charge in [-0.25, -0.2) is 15.0 Å². The SMILES string of the molecule is [2H]c1c([2H])c([2H])c(-c2ccc3cc(-c4nc(-c5ccccc5)nc(-c5cccc(-c6ccc(-c7cccc8ccccc78)cc6)c5)n4)ccc3c2)c([2H])c1[2H]. The summed E-state index contributed by atoms with van der Waals surface area (Å²) in [5.41, 5.74) is 7.75. The van der Waals surface area contributed by atoms with Crippen molar-refractivity contribution in [2.75, 3.05) is 0 Å². The lowest BCUT2D eigenvalue weighted by atomic mass is 9.96.